The summed E-state index contributed by atoms with van der Waals surface area (Å²) in [6.45, 7) is 0.251. The number of nitrogens with zero attached hydrogens (tertiary/aromatic N) is 1. The van der Waals surface area contributed by atoms with Gasteiger partial charge in [0.2, 0.25) is 0 Å². The van der Waals surface area contributed by atoms with Gasteiger partial charge >= 0.3 is 0 Å². The van der Waals surface area contributed by atoms with Crippen LogP contribution in [-0.2, 0) is 6.42 Å². The molecule has 1 N–H and O–H groups in total. The summed E-state index contributed by atoms with van der Waals surface area (Å²) in [5.41, 5.74) is 0.435. The lowest BCUT2D eigenvalue weighted by atomic mass is 10.1. The van der Waals surface area contributed by atoms with Gasteiger partial charge in [0.05, 0.1) is 5.56 Å². The number of aromatic nitrogens is 1. The smallest absolute Gasteiger partial charge is 0.254 e. The molecule has 1 amide bonds. The minimum Gasteiger partial charge on any atom is -0.352 e. The van der Waals surface area contributed by atoms with Gasteiger partial charge in [0.25, 0.3) is 5.91 Å². The van der Waals surface area contributed by atoms with Gasteiger partial charge in [-0.2, -0.15) is 0 Å². The molecule has 1 aromatic heterocycles. The van der Waals surface area contributed by atoms with E-state index in [2.05, 4.69) is 10.3 Å². The summed E-state index contributed by atoms with van der Waals surface area (Å²) < 4.78 is 39.1. The highest BCUT2D eigenvalue weighted by Crippen LogP contribution is 2.14. The zero-order chi connectivity index (χ0) is 14.5. The van der Waals surface area contributed by atoms with Crippen LogP contribution in [0.25, 0.3) is 0 Å². The monoisotopic (exact) mass is 280 g/mol. The van der Waals surface area contributed by atoms with E-state index in [1.807, 2.05) is 0 Å². The second kappa shape index (κ2) is 6.18. The number of carbonyl (C=O) groups is 1. The zero-order valence-electron chi connectivity index (χ0n) is 10.4. The van der Waals surface area contributed by atoms with Crippen LogP contribution in [0.4, 0.5) is 13.2 Å². The van der Waals surface area contributed by atoms with Crippen molar-refractivity contribution >= 4 is 5.91 Å². The number of halogens is 3. The van der Waals surface area contributed by atoms with Gasteiger partial charge < -0.3 is 5.32 Å². The van der Waals surface area contributed by atoms with Crippen LogP contribution in [-0.4, -0.2) is 17.4 Å². The van der Waals surface area contributed by atoms with E-state index in [0.29, 0.717) is 6.42 Å². The molecule has 0 bridgehead atoms. The van der Waals surface area contributed by atoms with Crippen LogP contribution >= 0.6 is 0 Å². The zero-order valence-corrected chi connectivity index (χ0v) is 10.4. The maximum Gasteiger partial charge on any atom is 0.254 e. The predicted molar refractivity (Wildman–Crippen MR) is 66.6 cm³/mol. The number of hydrogen-bond acceptors (Lipinski definition) is 2. The molecule has 0 saturated carbocycles. The van der Waals surface area contributed by atoms with Gasteiger partial charge in [0, 0.05) is 18.9 Å². The minimum absolute atomic E-state index is 0.251. The largest absolute Gasteiger partial charge is 0.352 e. The summed E-state index contributed by atoms with van der Waals surface area (Å²) in [6.07, 6.45) is 3.76. The molecular formula is C14H11F3N2O. The molecule has 0 aliphatic carbocycles. The molecule has 2 rings (SSSR count). The Morgan fingerprint density at radius 3 is 2.45 bits per heavy atom. The lowest BCUT2D eigenvalue weighted by molar-refractivity contribution is 0.0949. The Morgan fingerprint density at radius 2 is 1.75 bits per heavy atom. The average molecular weight is 280 g/mol. The second-order valence-electron chi connectivity index (χ2n) is 4.08. The van der Waals surface area contributed by atoms with Crippen LogP contribution in [0.3, 0.4) is 0 Å². The number of nitrogens with one attached hydrogen (secondary N) is 1. The van der Waals surface area contributed by atoms with Gasteiger partial charge in [-0.05, 0) is 36.2 Å². The first kappa shape index (κ1) is 14.0. The van der Waals surface area contributed by atoms with Crippen LogP contribution < -0.4 is 5.32 Å². The van der Waals surface area contributed by atoms with Crippen molar-refractivity contribution in [3.63, 3.8) is 0 Å². The van der Waals surface area contributed by atoms with Crippen LogP contribution in [0.1, 0.15) is 15.9 Å². The first-order valence-corrected chi connectivity index (χ1v) is 5.90. The van der Waals surface area contributed by atoms with Gasteiger partial charge in [-0.3, -0.25) is 9.78 Å². The third-order valence-corrected chi connectivity index (χ3v) is 2.73. The molecule has 3 nitrogen and oxygen atoms in total. The van der Waals surface area contributed by atoms with E-state index >= 15 is 0 Å². The van der Waals surface area contributed by atoms with Crippen LogP contribution in [0.5, 0.6) is 0 Å². The average Bonchev–Trinajstić information content (AvgIpc) is 2.46. The van der Waals surface area contributed by atoms with Gasteiger partial charge in [-0.15, -0.1) is 0 Å². The molecule has 0 aliphatic rings. The van der Waals surface area contributed by atoms with Gasteiger partial charge in [0.15, 0.2) is 17.5 Å². The molecule has 1 aromatic carbocycles. The molecule has 1 heterocycles. The molecule has 6 heteroatoms. The van der Waals surface area contributed by atoms with Gasteiger partial charge in [-0.25, -0.2) is 13.2 Å². The van der Waals surface area contributed by atoms with Crippen molar-refractivity contribution in [3.05, 3.63) is 65.2 Å². The van der Waals surface area contributed by atoms with Crippen LogP contribution in [0.15, 0.2) is 36.7 Å². The van der Waals surface area contributed by atoms with Crippen molar-refractivity contribution in [1.29, 1.82) is 0 Å². The Bertz CT molecular complexity index is 617. The maximum atomic E-state index is 13.4. The number of rotatable bonds is 4. The SMILES string of the molecule is O=C(NCCc1ccncc1)c1ccc(F)c(F)c1F. The summed E-state index contributed by atoms with van der Waals surface area (Å²) >= 11 is 0. The molecule has 0 saturated heterocycles. The van der Waals surface area contributed by atoms with E-state index in [-0.39, 0.29) is 6.54 Å². The van der Waals surface area contributed by atoms with E-state index in [1.54, 1.807) is 24.5 Å². The highest BCUT2D eigenvalue weighted by molar-refractivity contribution is 5.94. The lowest BCUT2D eigenvalue weighted by Gasteiger charge is -2.07. The standard InChI is InChI=1S/C14H11F3N2O/c15-11-2-1-10(12(16)13(11)17)14(20)19-8-5-9-3-6-18-7-4-9/h1-4,6-7H,5,8H2,(H,19,20). The number of pyridine rings is 1. The van der Waals surface area contributed by atoms with E-state index in [1.165, 1.54) is 0 Å². The third kappa shape index (κ3) is 3.14. The lowest BCUT2D eigenvalue weighted by Crippen LogP contribution is -2.27. The number of hydrogen-bond donors (Lipinski definition) is 1. The van der Waals surface area contributed by atoms with E-state index in [4.69, 9.17) is 0 Å². The molecule has 0 aliphatic heterocycles. The van der Waals surface area contributed by atoms with Crippen LogP contribution in [0, 0.1) is 17.5 Å². The number of benzene rings is 1. The summed E-state index contributed by atoms with van der Waals surface area (Å²) in [4.78, 5) is 15.5. The Balaban J connectivity index is 1.97. The van der Waals surface area contributed by atoms with Gasteiger partial charge in [-0.1, -0.05) is 0 Å². The molecule has 20 heavy (non-hydrogen) atoms. The molecule has 0 unspecified atom stereocenters. The first-order valence-electron chi connectivity index (χ1n) is 5.90. The summed E-state index contributed by atoms with van der Waals surface area (Å²) in [5, 5.41) is 2.45. The first-order chi connectivity index (χ1) is 9.59. The van der Waals surface area contributed by atoms with Crippen molar-refractivity contribution < 1.29 is 18.0 Å². The normalized spacial score (nSPS) is 10.3. The quantitative estimate of drug-likeness (QED) is 0.874. The number of carbonyl (C=O) groups excluding carboxylic acids is 1. The number of amides is 1. The summed E-state index contributed by atoms with van der Waals surface area (Å²) in [5.74, 6) is -5.23. The minimum atomic E-state index is -1.65. The third-order valence-electron chi connectivity index (χ3n) is 2.73. The van der Waals surface area contributed by atoms with Crippen molar-refractivity contribution in [2.75, 3.05) is 6.54 Å². The van der Waals surface area contributed by atoms with Crippen molar-refractivity contribution in [1.82, 2.24) is 10.3 Å². The summed E-state index contributed by atoms with van der Waals surface area (Å²) in [7, 11) is 0. The Kier molecular flexibility index (Phi) is 4.34. The van der Waals surface area contributed by atoms with Gasteiger partial charge in [0.1, 0.15) is 0 Å². The Hall–Kier alpha value is -2.37. The fourth-order valence-electron chi connectivity index (χ4n) is 1.67. The summed E-state index contributed by atoms with van der Waals surface area (Å²) in [6, 6.07) is 5.19. The molecule has 0 fully saturated rings. The second-order valence-corrected chi connectivity index (χ2v) is 4.08. The van der Waals surface area contributed by atoms with Crippen LogP contribution in [0.2, 0.25) is 0 Å². The molecular weight excluding hydrogens is 269 g/mol. The topological polar surface area (TPSA) is 42.0 Å². The fraction of sp³-hybridized carbons (Fsp3) is 0.143. The predicted octanol–water partition coefficient (Wildman–Crippen LogP) is 2.47. The molecule has 104 valence electrons. The molecule has 0 spiro atoms. The van der Waals surface area contributed by atoms with Crippen molar-refractivity contribution in [2.24, 2.45) is 0 Å². The van der Waals surface area contributed by atoms with E-state index in [0.717, 1.165) is 17.7 Å². The van der Waals surface area contributed by atoms with Crippen molar-refractivity contribution in [2.45, 2.75) is 6.42 Å². The maximum absolute atomic E-state index is 13.4. The Morgan fingerprint density at radius 1 is 1.05 bits per heavy atom. The van der Waals surface area contributed by atoms with E-state index in [9.17, 15) is 18.0 Å². The highest BCUT2D eigenvalue weighted by Gasteiger charge is 2.18. The fourth-order valence-corrected chi connectivity index (χ4v) is 1.67. The Labute approximate surface area is 113 Å². The molecule has 0 atom stereocenters. The van der Waals surface area contributed by atoms with E-state index < -0.39 is 28.9 Å². The molecule has 2 aromatic rings. The highest BCUT2D eigenvalue weighted by atomic mass is 19.2. The van der Waals surface area contributed by atoms with Crippen molar-refractivity contribution in [3.8, 4) is 0 Å². The molecule has 0 radical (unpaired) electrons.